The molecule has 0 N–H and O–H groups in total. The summed E-state index contributed by atoms with van der Waals surface area (Å²) in [5.41, 5.74) is 1.54. The summed E-state index contributed by atoms with van der Waals surface area (Å²) in [7, 11) is 1.43. The number of aromatic nitrogens is 2. The van der Waals surface area contributed by atoms with E-state index in [0.717, 1.165) is 10.2 Å². The van der Waals surface area contributed by atoms with Gasteiger partial charge in [-0.15, -0.1) is 0 Å². The summed E-state index contributed by atoms with van der Waals surface area (Å²) in [6.07, 6.45) is -0.210. The van der Waals surface area contributed by atoms with Crippen molar-refractivity contribution in [3.05, 3.63) is 82.4 Å². The van der Waals surface area contributed by atoms with Crippen molar-refractivity contribution in [2.45, 2.75) is 12.6 Å². The molecule has 0 aliphatic carbocycles. The summed E-state index contributed by atoms with van der Waals surface area (Å²) in [5.74, 6) is -0.366. The third kappa shape index (κ3) is 4.64. The van der Waals surface area contributed by atoms with Gasteiger partial charge in [0.15, 0.2) is 0 Å². The van der Waals surface area contributed by atoms with Crippen LogP contribution in [-0.2, 0) is 16.1 Å². The largest absolute Gasteiger partial charge is 0.496 e. The molecule has 1 fully saturated rings. The van der Waals surface area contributed by atoms with Crippen LogP contribution in [0.3, 0.4) is 0 Å². The van der Waals surface area contributed by atoms with E-state index in [1.54, 1.807) is 4.90 Å². The standard InChI is InChI=1S/C23H22FN3O4/c1-30-20-13-17(24)7-8-18(20)19-9-10-22(28)27(25-19)15-23(29)26-11-12-31-21(14-26)16-5-3-2-4-6-16/h2-10,13,21H,11-12,14-15H2,1H3/t21-/m0/s1. The molecule has 1 aliphatic rings. The first-order valence-corrected chi connectivity index (χ1v) is 9.91. The number of carbonyl (C=O) groups is 1. The zero-order valence-corrected chi connectivity index (χ0v) is 17.0. The van der Waals surface area contributed by atoms with Crippen molar-refractivity contribution in [3.8, 4) is 17.0 Å². The number of ether oxygens (including phenoxy) is 2. The Hall–Kier alpha value is -3.52. The van der Waals surface area contributed by atoms with Crippen molar-refractivity contribution in [1.29, 1.82) is 0 Å². The number of amides is 1. The molecular formula is C23H22FN3O4. The molecule has 1 saturated heterocycles. The van der Waals surface area contributed by atoms with Crippen LogP contribution in [0, 0.1) is 5.82 Å². The number of benzene rings is 2. The Morgan fingerprint density at radius 3 is 2.77 bits per heavy atom. The van der Waals surface area contributed by atoms with Crippen molar-refractivity contribution >= 4 is 5.91 Å². The third-order valence-electron chi connectivity index (χ3n) is 5.18. The van der Waals surface area contributed by atoms with Gasteiger partial charge < -0.3 is 14.4 Å². The number of hydrogen-bond donors (Lipinski definition) is 0. The molecule has 7 nitrogen and oxygen atoms in total. The van der Waals surface area contributed by atoms with E-state index in [-0.39, 0.29) is 18.6 Å². The predicted molar refractivity (Wildman–Crippen MR) is 112 cm³/mol. The monoisotopic (exact) mass is 423 g/mol. The average molecular weight is 423 g/mol. The van der Waals surface area contributed by atoms with E-state index >= 15 is 0 Å². The zero-order valence-electron chi connectivity index (χ0n) is 17.0. The summed E-state index contributed by atoms with van der Waals surface area (Å²) < 4.78 is 25.7. The first-order chi connectivity index (χ1) is 15.0. The fourth-order valence-electron chi connectivity index (χ4n) is 3.56. The maximum Gasteiger partial charge on any atom is 0.267 e. The average Bonchev–Trinajstić information content (AvgIpc) is 2.81. The van der Waals surface area contributed by atoms with E-state index in [1.807, 2.05) is 30.3 Å². The van der Waals surface area contributed by atoms with Crippen LogP contribution in [0.5, 0.6) is 5.75 Å². The molecule has 2 heterocycles. The molecule has 0 spiro atoms. The van der Waals surface area contributed by atoms with Gasteiger partial charge in [0.2, 0.25) is 5.91 Å². The second-order valence-electron chi connectivity index (χ2n) is 7.17. The van der Waals surface area contributed by atoms with Gasteiger partial charge in [0.1, 0.15) is 24.2 Å². The molecular weight excluding hydrogens is 401 g/mol. The fraction of sp³-hybridized carbons (Fsp3) is 0.261. The van der Waals surface area contributed by atoms with Crippen LogP contribution < -0.4 is 10.3 Å². The number of methoxy groups -OCH3 is 1. The predicted octanol–water partition coefficient (Wildman–Crippen LogP) is 2.66. The number of carbonyl (C=O) groups excluding carboxylic acids is 1. The lowest BCUT2D eigenvalue weighted by molar-refractivity contribution is -0.139. The maximum atomic E-state index is 13.5. The van der Waals surface area contributed by atoms with Crippen LogP contribution >= 0.6 is 0 Å². The van der Waals surface area contributed by atoms with Gasteiger partial charge in [-0.1, -0.05) is 30.3 Å². The Labute approximate surface area is 178 Å². The Kier molecular flexibility index (Phi) is 6.08. The molecule has 0 saturated carbocycles. The smallest absolute Gasteiger partial charge is 0.267 e. The number of morpholine rings is 1. The minimum atomic E-state index is -0.440. The summed E-state index contributed by atoms with van der Waals surface area (Å²) in [4.78, 5) is 26.9. The van der Waals surface area contributed by atoms with E-state index in [0.29, 0.717) is 36.7 Å². The zero-order chi connectivity index (χ0) is 21.8. The molecule has 1 amide bonds. The van der Waals surface area contributed by atoms with Crippen LogP contribution in [0.2, 0.25) is 0 Å². The lowest BCUT2D eigenvalue weighted by Gasteiger charge is -2.33. The van der Waals surface area contributed by atoms with Gasteiger partial charge in [-0.3, -0.25) is 9.59 Å². The van der Waals surface area contributed by atoms with Gasteiger partial charge in [0.25, 0.3) is 5.56 Å². The van der Waals surface area contributed by atoms with E-state index in [4.69, 9.17) is 9.47 Å². The molecule has 0 radical (unpaired) electrons. The van der Waals surface area contributed by atoms with E-state index in [2.05, 4.69) is 5.10 Å². The summed E-state index contributed by atoms with van der Waals surface area (Å²) >= 11 is 0. The molecule has 3 aromatic rings. The Bertz CT molecular complexity index is 1130. The van der Waals surface area contributed by atoms with Gasteiger partial charge >= 0.3 is 0 Å². The third-order valence-corrected chi connectivity index (χ3v) is 5.18. The Morgan fingerprint density at radius 2 is 2.00 bits per heavy atom. The molecule has 4 rings (SSSR count). The quantitative estimate of drug-likeness (QED) is 0.631. The number of rotatable bonds is 5. The molecule has 0 unspecified atom stereocenters. The van der Waals surface area contributed by atoms with Crippen molar-refractivity contribution < 1.29 is 18.7 Å². The molecule has 1 atom stereocenters. The molecule has 1 aromatic heterocycles. The molecule has 160 valence electrons. The highest BCUT2D eigenvalue weighted by Crippen LogP contribution is 2.28. The minimum absolute atomic E-state index is 0.197. The van der Waals surface area contributed by atoms with Crippen LogP contribution in [0.1, 0.15) is 11.7 Å². The fourth-order valence-corrected chi connectivity index (χ4v) is 3.56. The van der Waals surface area contributed by atoms with E-state index < -0.39 is 11.4 Å². The summed E-state index contributed by atoms with van der Waals surface area (Å²) in [5, 5.41) is 4.32. The van der Waals surface area contributed by atoms with Gasteiger partial charge in [-0.25, -0.2) is 9.07 Å². The Balaban J connectivity index is 1.53. The normalized spacial score (nSPS) is 16.2. The van der Waals surface area contributed by atoms with Crippen molar-refractivity contribution in [3.63, 3.8) is 0 Å². The van der Waals surface area contributed by atoms with Gasteiger partial charge in [0.05, 0.1) is 26.0 Å². The highest BCUT2D eigenvalue weighted by Gasteiger charge is 2.26. The summed E-state index contributed by atoms with van der Waals surface area (Å²) in [6, 6.07) is 16.6. The highest BCUT2D eigenvalue weighted by atomic mass is 19.1. The number of nitrogens with zero attached hydrogens (tertiary/aromatic N) is 3. The van der Waals surface area contributed by atoms with Crippen LogP contribution in [0.4, 0.5) is 4.39 Å². The van der Waals surface area contributed by atoms with Gasteiger partial charge in [-0.2, -0.15) is 5.10 Å². The van der Waals surface area contributed by atoms with Crippen LogP contribution in [-0.4, -0.2) is 47.4 Å². The molecule has 2 aromatic carbocycles. The molecule has 8 heteroatoms. The first-order valence-electron chi connectivity index (χ1n) is 9.91. The lowest BCUT2D eigenvalue weighted by atomic mass is 10.1. The molecule has 31 heavy (non-hydrogen) atoms. The molecule has 1 aliphatic heterocycles. The summed E-state index contributed by atoms with van der Waals surface area (Å²) in [6.45, 7) is 1.07. The second-order valence-corrected chi connectivity index (χ2v) is 7.17. The van der Waals surface area contributed by atoms with Gasteiger partial charge in [0, 0.05) is 24.2 Å². The van der Waals surface area contributed by atoms with Crippen molar-refractivity contribution in [2.24, 2.45) is 0 Å². The van der Waals surface area contributed by atoms with Crippen molar-refractivity contribution in [2.75, 3.05) is 26.8 Å². The van der Waals surface area contributed by atoms with Crippen molar-refractivity contribution in [1.82, 2.24) is 14.7 Å². The highest BCUT2D eigenvalue weighted by molar-refractivity contribution is 5.76. The number of halogens is 1. The van der Waals surface area contributed by atoms with Crippen LogP contribution in [0.15, 0.2) is 65.5 Å². The first kappa shape index (κ1) is 20.7. The molecule has 0 bridgehead atoms. The second kappa shape index (κ2) is 9.09. The van der Waals surface area contributed by atoms with E-state index in [1.165, 1.54) is 37.4 Å². The number of hydrogen-bond acceptors (Lipinski definition) is 5. The lowest BCUT2D eigenvalue weighted by Crippen LogP contribution is -2.44. The Morgan fingerprint density at radius 1 is 1.19 bits per heavy atom. The minimum Gasteiger partial charge on any atom is -0.496 e. The maximum absolute atomic E-state index is 13.5. The van der Waals surface area contributed by atoms with Crippen LogP contribution in [0.25, 0.3) is 11.3 Å². The van der Waals surface area contributed by atoms with E-state index in [9.17, 15) is 14.0 Å². The SMILES string of the molecule is COc1cc(F)ccc1-c1ccc(=O)n(CC(=O)N2CCO[C@H](c3ccccc3)C2)n1. The van der Waals surface area contributed by atoms with Gasteiger partial charge in [-0.05, 0) is 23.8 Å². The topological polar surface area (TPSA) is 73.7 Å².